The van der Waals surface area contributed by atoms with Crippen LogP contribution in [0, 0.1) is 0 Å². The van der Waals surface area contributed by atoms with E-state index in [2.05, 4.69) is 16.9 Å². The molecule has 1 fully saturated rings. The summed E-state index contributed by atoms with van der Waals surface area (Å²) >= 11 is 0. The fourth-order valence-corrected chi connectivity index (χ4v) is 2.09. The van der Waals surface area contributed by atoms with E-state index in [1.807, 2.05) is 13.0 Å². The molecule has 1 saturated heterocycles. The monoisotopic (exact) mass is 221 g/mol. The van der Waals surface area contributed by atoms with E-state index in [1.54, 1.807) is 0 Å². The molecule has 0 bridgehead atoms. The summed E-state index contributed by atoms with van der Waals surface area (Å²) in [7, 11) is 0. The van der Waals surface area contributed by atoms with Crippen molar-refractivity contribution in [2.75, 3.05) is 12.3 Å². The van der Waals surface area contributed by atoms with Crippen LogP contribution in [0.4, 0.5) is 5.82 Å². The number of rotatable bonds is 3. The second kappa shape index (κ2) is 4.37. The molecule has 0 saturated carbocycles. The summed E-state index contributed by atoms with van der Waals surface area (Å²) in [6.07, 6.45) is 4.04. The lowest BCUT2D eigenvalue weighted by molar-refractivity contribution is 0.00927. The Morgan fingerprint density at radius 2 is 2.31 bits per heavy atom. The van der Waals surface area contributed by atoms with Crippen LogP contribution in [0.3, 0.4) is 0 Å². The second-order valence-electron chi connectivity index (χ2n) is 4.54. The molecule has 1 aliphatic heterocycles. The van der Waals surface area contributed by atoms with E-state index in [9.17, 15) is 0 Å². The first kappa shape index (κ1) is 11.3. The number of nitrogen functional groups attached to an aromatic ring is 1. The third-order valence-corrected chi connectivity index (χ3v) is 3.00. The van der Waals surface area contributed by atoms with E-state index in [0.29, 0.717) is 5.82 Å². The predicted octanol–water partition coefficient (Wildman–Crippen LogP) is 2.04. The predicted molar refractivity (Wildman–Crippen MR) is 63.0 cm³/mol. The summed E-state index contributed by atoms with van der Waals surface area (Å²) in [6.45, 7) is 4.97. The molecule has 1 atom stereocenters. The van der Waals surface area contributed by atoms with E-state index in [4.69, 9.17) is 10.5 Å². The van der Waals surface area contributed by atoms with Gasteiger partial charge in [-0.3, -0.25) is 0 Å². The molecule has 2 heterocycles. The number of aryl methyl sites for hydroxylation is 1. The van der Waals surface area contributed by atoms with Gasteiger partial charge in [0.15, 0.2) is 5.82 Å². The summed E-state index contributed by atoms with van der Waals surface area (Å²) in [6, 6.07) is 1.85. The molecule has 88 valence electrons. The minimum absolute atomic E-state index is 0.335. The van der Waals surface area contributed by atoms with Gasteiger partial charge in [-0.2, -0.15) is 0 Å². The number of anilines is 1. The average Bonchev–Trinajstić information content (AvgIpc) is 2.66. The van der Waals surface area contributed by atoms with Crippen LogP contribution in [0.25, 0.3) is 0 Å². The van der Waals surface area contributed by atoms with E-state index >= 15 is 0 Å². The largest absolute Gasteiger partial charge is 0.384 e. The third kappa shape index (κ3) is 2.16. The molecule has 1 unspecified atom stereocenters. The highest BCUT2D eigenvalue weighted by molar-refractivity contribution is 5.31. The van der Waals surface area contributed by atoms with Crippen molar-refractivity contribution in [3.63, 3.8) is 0 Å². The Morgan fingerprint density at radius 1 is 1.50 bits per heavy atom. The molecular weight excluding hydrogens is 202 g/mol. The van der Waals surface area contributed by atoms with Crippen LogP contribution in [0.1, 0.15) is 44.6 Å². The van der Waals surface area contributed by atoms with Gasteiger partial charge in [0.25, 0.3) is 0 Å². The summed E-state index contributed by atoms with van der Waals surface area (Å²) in [4.78, 5) is 8.87. The van der Waals surface area contributed by atoms with Crippen molar-refractivity contribution < 1.29 is 4.74 Å². The molecule has 1 aliphatic rings. The number of hydrogen-bond donors (Lipinski definition) is 1. The molecule has 1 aromatic heterocycles. The number of ether oxygens (including phenoxy) is 1. The molecule has 4 heteroatoms. The average molecular weight is 221 g/mol. The van der Waals surface area contributed by atoms with Crippen LogP contribution < -0.4 is 5.73 Å². The van der Waals surface area contributed by atoms with Crippen LogP contribution in [0.15, 0.2) is 6.07 Å². The highest BCUT2D eigenvalue weighted by atomic mass is 16.5. The van der Waals surface area contributed by atoms with Crippen LogP contribution in [-0.2, 0) is 16.8 Å². The molecule has 0 aromatic carbocycles. The Bertz CT molecular complexity index is 373. The number of aromatic nitrogens is 2. The maximum absolute atomic E-state index is 5.81. The van der Waals surface area contributed by atoms with Crippen molar-refractivity contribution in [2.45, 2.75) is 45.1 Å². The third-order valence-electron chi connectivity index (χ3n) is 3.00. The van der Waals surface area contributed by atoms with Crippen molar-refractivity contribution >= 4 is 5.82 Å². The van der Waals surface area contributed by atoms with Crippen LogP contribution in [-0.4, -0.2) is 16.6 Å². The Hall–Kier alpha value is -1.16. The van der Waals surface area contributed by atoms with Gasteiger partial charge in [0, 0.05) is 18.4 Å². The fourth-order valence-electron chi connectivity index (χ4n) is 2.09. The number of nitrogens with zero attached hydrogens (tertiary/aromatic N) is 2. The maximum Gasteiger partial charge on any atom is 0.162 e. The molecule has 1 aromatic rings. The van der Waals surface area contributed by atoms with Crippen molar-refractivity contribution in [1.29, 1.82) is 0 Å². The molecule has 4 nitrogen and oxygen atoms in total. The topological polar surface area (TPSA) is 61.0 Å². The summed E-state index contributed by atoms with van der Waals surface area (Å²) in [5.74, 6) is 1.29. The van der Waals surface area contributed by atoms with Crippen LogP contribution >= 0.6 is 0 Å². The van der Waals surface area contributed by atoms with Crippen LogP contribution in [0.5, 0.6) is 0 Å². The molecular formula is C12H19N3O. The molecule has 0 spiro atoms. The summed E-state index contributed by atoms with van der Waals surface area (Å²) in [5, 5.41) is 0. The second-order valence-corrected chi connectivity index (χ2v) is 4.54. The van der Waals surface area contributed by atoms with Crippen LogP contribution in [0.2, 0.25) is 0 Å². The van der Waals surface area contributed by atoms with E-state index < -0.39 is 0 Å². The molecule has 2 N–H and O–H groups in total. The minimum Gasteiger partial charge on any atom is -0.384 e. The van der Waals surface area contributed by atoms with Gasteiger partial charge in [-0.1, -0.05) is 13.3 Å². The first-order valence-corrected chi connectivity index (χ1v) is 5.92. The SMILES string of the molecule is CCCc1cc(N)nc(C2(C)CCCO2)n1. The zero-order valence-electron chi connectivity index (χ0n) is 9.99. The normalized spacial score (nSPS) is 24.9. The zero-order valence-corrected chi connectivity index (χ0v) is 9.99. The fraction of sp³-hybridized carbons (Fsp3) is 0.667. The zero-order chi connectivity index (χ0) is 11.6. The Balaban J connectivity index is 2.32. The van der Waals surface area contributed by atoms with Gasteiger partial charge in [-0.05, 0) is 26.2 Å². The lowest BCUT2D eigenvalue weighted by atomic mass is 10.0. The highest BCUT2D eigenvalue weighted by Gasteiger charge is 2.35. The van der Waals surface area contributed by atoms with E-state index in [1.165, 1.54) is 0 Å². The highest BCUT2D eigenvalue weighted by Crippen LogP contribution is 2.33. The molecule has 16 heavy (non-hydrogen) atoms. The Morgan fingerprint density at radius 3 is 2.94 bits per heavy atom. The van der Waals surface area contributed by atoms with Gasteiger partial charge < -0.3 is 10.5 Å². The Kier molecular flexibility index (Phi) is 3.10. The lowest BCUT2D eigenvalue weighted by Gasteiger charge is -2.22. The standard InChI is InChI=1S/C12H19N3O/c1-3-5-9-8-10(13)15-11(14-9)12(2)6-4-7-16-12/h8H,3-7H2,1-2H3,(H2,13,14,15). The van der Waals surface area contributed by atoms with Crippen molar-refractivity contribution in [2.24, 2.45) is 0 Å². The first-order chi connectivity index (χ1) is 7.64. The summed E-state index contributed by atoms with van der Waals surface area (Å²) < 4.78 is 5.73. The van der Waals surface area contributed by atoms with Gasteiger partial charge in [0.05, 0.1) is 0 Å². The molecule has 0 amide bonds. The van der Waals surface area contributed by atoms with E-state index in [0.717, 1.165) is 43.8 Å². The van der Waals surface area contributed by atoms with Crippen molar-refractivity contribution in [1.82, 2.24) is 9.97 Å². The smallest absolute Gasteiger partial charge is 0.162 e. The minimum atomic E-state index is -0.335. The maximum atomic E-state index is 5.81. The lowest BCUT2D eigenvalue weighted by Crippen LogP contribution is -2.24. The van der Waals surface area contributed by atoms with Gasteiger partial charge in [-0.15, -0.1) is 0 Å². The molecule has 0 aliphatic carbocycles. The quantitative estimate of drug-likeness (QED) is 0.848. The molecule has 0 radical (unpaired) electrons. The van der Waals surface area contributed by atoms with Gasteiger partial charge in [-0.25, -0.2) is 9.97 Å². The Labute approximate surface area is 96.2 Å². The number of nitrogens with two attached hydrogens (primary N) is 1. The molecule has 2 rings (SSSR count). The van der Waals surface area contributed by atoms with Crippen molar-refractivity contribution in [3.8, 4) is 0 Å². The van der Waals surface area contributed by atoms with E-state index in [-0.39, 0.29) is 5.60 Å². The first-order valence-electron chi connectivity index (χ1n) is 5.92. The van der Waals surface area contributed by atoms with Gasteiger partial charge in [0.2, 0.25) is 0 Å². The van der Waals surface area contributed by atoms with Crippen molar-refractivity contribution in [3.05, 3.63) is 17.6 Å². The summed E-state index contributed by atoms with van der Waals surface area (Å²) in [5.41, 5.74) is 6.49. The van der Waals surface area contributed by atoms with Gasteiger partial charge >= 0.3 is 0 Å². The van der Waals surface area contributed by atoms with Gasteiger partial charge in [0.1, 0.15) is 11.4 Å². The number of hydrogen-bond acceptors (Lipinski definition) is 4.